The lowest BCUT2D eigenvalue weighted by atomic mass is 10.0. The third kappa shape index (κ3) is 3.51. The first kappa shape index (κ1) is 16.4. The summed E-state index contributed by atoms with van der Waals surface area (Å²) in [6.07, 6.45) is 6.77. The summed E-state index contributed by atoms with van der Waals surface area (Å²) in [5, 5.41) is 0. The first-order valence-corrected chi connectivity index (χ1v) is 8.33. The standard InChI is InChI=1S/C21H14N6/c22-27-21(15-7-11-25-19(13-15)17-5-1-3-9-23-17)16-8-12-26-20(14-16)18-6-2-4-10-24-18/h1-14H. The maximum atomic E-state index is 9.67. The minimum Gasteiger partial charge on any atom is -0.361 e. The molecule has 0 spiro atoms. The molecule has 0 aliphatic rings. The van der Waals surface area contributed by atoms with Crippen LogP contribution in [-0.2, 0) is 0 Å². The van der Waals surface area contributed by atoms with Crippen LogP contribution in [0, 0.1) is 0 Å². The van der Waals surface area contributed by atoms with Gasteiger partial charge in [0.05, 0.1) is 33.9 Å². The summed E-state index contributed by atoms with van der Waals surface area (Å²) in [6, 6.07) is 18.6. The highest BCUT2D eigenvalue weighted by Gasteiger charge is 2.18. The molecule has 27 heavy (non-hydrogen) atoms. The van der Waals surface area contributed by atoms with Gasteiger partial charge >= 0.3 is 5.71 Å². The molecule has 4 aromatic rings. The van der Waals surface area contributed by atoms with Crippen LogP contribution in [0.4, 0.5) is 0 Å². The van der Waals surface area contributed by atoms with Crippen LogP contribution in [-0.4, -0.2) is 30.4 Å². The second kappa shape index (κ2) is 7.47. The van der Waals surface area contributed by atoms with Gasteiger partial charge in [-0.3, -0.25) is 19.9 Å². The van der Waals surface area contributed by atoms with E-state index in [0.29, 0.717) is 17.1 Å². The second-order valence-electron chi connectivity index (χ2n) is 5.74. The molecule has 4 heterocycles. The van der Waals surface area contributed by atoms with E-state index in [0.717, 1.165) is 22.5 Å². The van der Waals surface area contributed by atoms with Crippen molar-refractivity contribution < 1.29 is 4.79 Å². The van der Waals surface area contributed by atoms with Crippen LogP contribution in [0.5, 0.6) is 0 Å². The molecule has 0 aliphatic heterocycles. The Kier molecular flexibility index (Phi) is 4.55. The highest BCUT2D eigenvalue weighted by Crippen LogP contribution is 2.19. The number of hydrogen-bond acceptors (Lipinski definition) is 4. The maximum Gasteiger partial charge on any atom is 0.329 e. The molecule has 0 amide bonds. The number of pyridine rings is 4. The van der Waals surface area contributed by atoms with Gasteiger partial charge in [-0.2, -0.15) is 4.79 Å². The summed E-state index contributed by atoms with van der Waals surface area (Å²) in [6.45, 7) is 0. The van der Waals surface area contributed by atoms with Gasteiger partial charge in [0.25, 0.3) is 0 Å². The molecule has 0 unspecified atom stereocenters. The molecule has 0 saturated carbocycles. The molecule has 4 aromatic heterocycles. The third-order valence-electron chi connectivity index (χ3n) is 4.02. The van der Waals surface area contributed by atoms with E-state index in [4.69, 9.17) is 0 Å². The number of hydrogen-bond donors (Lipinski definition) is 0. The zero-order valence-electron chi connectivity index (χ0n) is 14.3. The van der Waals surface area contributed by atoms with Gasteiger partial charge < -0.3 is 5.53 Å². The second-order valence-corrected chi connectivity index (χ2v) is 5.74. The van der Waals surface area contributed by atoms with Crippen LogP contribution in [0.15, 0.2) is 85.5 Å². The third-order valence-corrected chi connectivity index (χ3v) is 4.02. The fourth-order valence-corrected chi connectivity index (χ4v) is 2.75. The highest BCUT2D eigenvalue weighted by molar-refractivity contribution is 6.09. The smallest absolute Gasteiger partial charge is 0.329 e. The number of rotatable bonds is 4. The van der Waals surface area contributed by atoms with Crippen LogP contribution < -0.4 is 0 Å². The fourth-order valence-electron chi connectivity index (χ4n) is 2.75. The van der Waals surface area contributed by atoms with Crippen molar-refractivity contribution in [1.29, 1.82) is 0 Å². The van der Waals surface area contributed by atoms with E-state index in [-0.39, 0.29) is 0 Å². The predicted octanol–water partition coefficient (Wildman–Crippen LogP) is 3.67. The maximum absolute atomic E-state index is 9.67. The van der Waals surface area contributed by atoms with Crippen LogP contribution in [0.25, 0.3) is 28.3 Å². The highest BCUT2D eigenvalue weighted by atomic mass is 14.9. The van der Waals surface area contributed by atoms with Crippen LogP contribution >= 0.6 is 0 Å². The summed E-state index contributed by atoms with van der Waals surface area (Å²) in [7, 11) is 0. The van der Waals surface area contributed by atoms with E-state index >= 15 is 0 Å². The van der Waals surface area contributed by atoms with Gasteiger partial charge in [-0.25, -0.2) is 0 Å². The lowest BCUT2D eigenvalue weighted by Crippen LogP contribution is -2.06. The van der Waals surface area contributed by atoms with Crippen LogP contribution in [0.2, 0.25) is 0 Å². The molecule has 128 valence electrons. The fraction of sp³-hybridized carbons (Fsp3) is 0. The minimum atomic E-state index is 0.425. The van der Waals surface area contributed by atoms with Crippen molar-refractivity contribution >= 4 is 5.71 Å². The molecule has 0 aromatic carbocycles. The van der Waals surface area contributed by atoms with Crippen molar-refractivity contribution in [3.05, 3.63) is 102 Å². The molecule has 6 heteroatoms. The van der Waals surface area contributed by atoms with Gasteiger partial charge in [0.15, 0.2) is 0 Å². The van der Waals surface area contributed by atoms with Gasteiger partial charge in [0, 0.05) is 24.8 Å². The van der Waals surface area contributed by atoms with Gasteiger partial charge in [-0.1, -0.05) is 12.1 Å². The summed E-state index contributed by atoms with van der Waals surface area (Å²) in [4.78, 5) is 20.9. The predicted molar refractivity (Wildman–Crippen MR) is 102 cm³/mol. The lowest BCUT2D eigenvalue weighted by Gasteiger charge is -2.04. The van der Waals surface area contributed by atoms with E-state index < -0.39 is 0 Å². The Morgan fingerprint density at radius 3 is 1.48 bits per heavy atom. The molecule has 4 rings (SSSR count). The van der Waals surface area contributed by atoms with E-state index in [1.165, 1.54) is 0 Å². The molecular weight excluding hydrogens is 336 g/mol. The Morgan fingerprint density at radius 2 is 1.07 bits per heavy atom. The zero-order valence-corrected chi connectivity index (χ0v) is 14.3. The molecule has 0 radical (unpaired) electrons. The van der Waals surface area contributed by atoms with E-state index in [1.54, 1.807) is 36.9 Å². The minimum absolute atomic E-state index is 0.425. The summed E-state index contributed by atoms with van der Waals surface area (Å²) in [5.74, 6) is 0. The summed E-state index contributed by atoms with van der Waals surface area (Å²) < 4.78 is 0. The first-order valence-electron chi connectivity index (χ1n) is 8.33. The van der Waals surface area contributed by atoms with Crippen molar-refractivity contribution in [2.75, 3.05) is 0 Å². The number of nitrogens with zero attached hydrogens (tertiary/aromatic N) is 6. The molecule has 0 atom stereocenters. The molecule has 0 bridgehead atoms. The Hall–Kier alpha value is -4.02. The van der Waals surface area contributed by atoms with Crippen molar-refractivity contribution in [2.45, 2.75) is 0 Å². The van der Waals surface area contributed by atoms with Gasteiger partial charge in [0.1, 0.15) is 0 Å². The van der Waals surface area contributed by atoms with Crippen molar-refractivity contribution in [3.63, 3.8) is 0 Å². The van der Waals surface area contributed by atoms with Gasteiger partial charge in [-0.15, -0.1) is 0 Å². The van der Waals surface area contributed by atoms with E-state index in [2.05, 4.69) is 24.7 Å². The van der Waals surface area contributed by atoms with Crippen LogP contribution in [0.1, 0.15) is 11.1 Å². The Labute approximate surface area is 155 Å². The molecule has 6 nitrogen and oxygen atoms in total. The van der Waals surface area contributed by atoms with E-state index in [9.17, 15) is 5.53 Å². The van der Waals surface area contributed by atoms with Crippen molar-refractivity contribution in [2.24, 2.45) is 0 Å². The lowest BCUT2D eigenvalue weighted by molar-refractivity contribution is -0.00280. The normalized spacial score (nSPS) is 10.2. The van der Waals surface area contributed by atoms with E-state index in [1.807, 2.05) is 48.5 Å². The average molecular weight is 350 g/mol. The van der Waals surface area contributed by atoms with Crippen LogP contribution in [0.3, 0.4) is 0 Å². The first-order chi connectivity index (χ1) is 13.3. The average Bonchev–Trinajstić information content (AvgIpc) is 2.76. The molecule has 0 saturated heterocycles. The Balaban J connectivity index is 1.75. The van der Waals surface area contributed by atoms with Gasteiger partial charge in [0.2, 0.25) is 0 Å². The summed E-state index contributed by atoms with van der Waals surface area (Å²) >= 11 is 0. The van der Waals surface area contributed by atoms with Crippen molar-refractivity contribution in [1.82, 2.24) is 19.9 Å². The largest absolute Gasteiger partial charge is 0.361 e. The number of aromatic nitrogens is 4. The van der Waals surface area contributed by atoms with Crippen molar-refractivity contribution in [3.8, 4) is 22.8 Å². The molecule has 0 fully saturated rings. The zero-order chi connectivity index (χ0) is 18.5. The molecular formula is C21H14N6. The Bertz CT molecular complexity index is 1030. The van der Waals surface area contributed by atoms with Gasteiger partial charge in [-0.05, 0) is 48.5 Å². The Morgan fingerprint density at radius 1 is 0.593 bits per heavy atom. The SMILES string of the molecule is [N-]=[N+]=C(c1ccnc(-c2ccccn2)c1)c1ccnc(-c2ccccn2)c1. The molecule has 0 N–H and O–H groups in total. The summed E-state index contributed by atoms with van der Waals surface area (Å²) in [5.41, 5.74) is 14.5. The quantitative estimate of drug-likeness (QED) is 0.319. The monoisotopic (exact) mass is 350 g/mol. The topological polar surface area (TPSA) is 88.0 Å². The molecule has 0 aliphatic carbocycles.